The van der Waals surface area contributed by atoms with E-state index < -0.39 is 0 Å². The Hall–Kier alpha value is -0.860. The van der Waals surface area contributed by atoms with Crippen LogP contribution in [0.5, 0.6) is 0 Å². The number of rotatable bonds is 0. The molecule has 0 fully saturated rings. The maximum Gasteiger partial charge on any atom is 0.239 e. The zero-order valence-electron chi connectivity index (χ0n) is 4.05. The summed E-state index contributed by atoms with van der Waals surface area (Å²) < 4.78 is 9.53. The van der Waals surface area contributed by atoms with E-state index in [1.807, 2.05) is 0 Å². The van der Waals surface area contributed by atoms with Gasteiger partial charge in [-0.1, -0.05) is 0 Å². The molecule has 0 radical (unpaired) electrons. The minimum atomic E-state index is -0.194. The van der Waals surface area contributed by atoms with Gasteiger partial charge in [-0.15, -0.1) is 0 Å². The summed E-state index contributed by atoms with van der Waals surface area (Å²) in [6, 6.07) is 0. The Morgan fingerprint density at radius 2 is 2.57 bits per heavy atom. The van der Waals surface area contributed by atoms with E-state index in [-0.39, 0.29) is 6.29 Å². The van der Waals surface area contributed by atoms with Crippen LogP contribution < -0.4 is 5.73 Å². The van der Waals surface area contributed by atoms with Crippen LogP contribution in [0.1, 0.15) is 6.92 Å². The lowest BCUT2D eigenvalue weighted by Gasteiger charge is -2.00. The summed E-state index contributed by atoms with van der Waals surface area (Å²) >= 11 is 0. The molecule has 1 unspecified atom stereocenters. The Morgan fingerprint density at radius 1 is 1.86 bits per heavy atom. The van der Waals surface area contributed by atoms with E-state index >= 15 is 0 Å². The van der Waals surface area contributed by atoms with E-state index in [0.717, 1.165) is 0 Å². The van der Waals surface area contributed by atoms with E-state index in [9.17, 15) is 0 Å². The number of nitrogens with two attached hydrogens (primary N) is 1. The van der Waals surface area contributed by atoms with Gasteiger partial charge < -0.3 is 15.2 Å². The molecular weight excluding hydrogens is 94.0 g/mol. The van der Waals surface area contributed by atoms with Crippen LogP contribution in [0.25, 0.3) is 0 Å². The standard InChI is InChI=1S/C4H7NO2/c1-3-6-2-4(5)7-3/h2-3H,5H2,1H3. The van der Waals surface area contributed by atoms with Gasteiger partial charge in [0.2, 0.25) is 12.2 Å². The van der Waals surface area contributed by atoms with Gasteiger partial charge in [-0.25, -0.2) is 0 Å². The Bertz CT molecular complexity index is 99.9. The highest BCUT2D eigenvalue weighted by atomic mass is 16.7. The predicted octanol–water partition coefficient (Wildman–Crippen LogP) is 0.137. The van der Waals surface area contributed by atoms with Crippen LogP contribution in [0.4, 0.5) is 0 Å². The quantitative estimate of drug-likeness (QED) is 0.472. The lowest BCUT2D eigenvalue weighted by Crippen LogP contribution is -2.04. The Morgan fingerprint density at radius 3 is 2.71 bits per heavy atom. The third-order valence-electron chi connectivity index (χ3n) is 0.678. The molecule has 0 aromatic rings. The number of hydrogen-bond acceptors (Lipinski definition) is 3. The maximum atomic E-state index is 5.14. The molecule has 0 saturated carbocycles. The molecule has 0 aromatic heterocycles. The van der Waals surface area contributed by atoms with Crippen molar-refractivity contribution in [3.63, 3.8) is 0 Å². The minimum Gasteiger partial charge on any atom is -0.457 e. The van der Waals surface area contributed by atoms with Gasteiger partial charge in [-0.05, 0) is 0 Å². The van der Waals surface area contributed by atoms with Crippen LogP contribution in [0.15, 0.2) is 12.1 Å². The normalized spacial score (nSPS) is 28.1. The first kappa shape index (κ1) is 4.30. The largest absolute Gasteiger partial charge is 0.457 e. The highest BCUT2D eigenvalue weighted by Crippen LogP contribution is 2.06. The van der Waals surface area contributed by atoms with E-state index in [1.165, 1.54) is 6.26 Å². The third-order valence-corrected chi connectivity index (χ3v) is 0.678. The monoisotopic (exact) mass is 101 g/mol. The summed E-state index contributed by atoms with van der Waals surface area (Å²) in [5.41, 5.74) is 5.14. The molecule has 40 valence electrons. The van der Waals surface area contributed by atoms with Crippen molar-refractivity contribution in [3.8, 4) is 0 Å². The third kappa shape index (κ3) is 0.765. The molecule has 1 aliphatic heterocycles. The molecule has 3 heteroatoms. The van der Waals surface area contributed by atoms with Gasteiger partial charge in [0.15, 0.2) is 0 Å². The molecule has 2 N–H and O–H groups in total. The Kier molecular flexibility index (Phi) is 0.817. The average Bonchev–Trinajstić information content (AvgIpc) is 1.87. The van der Waals surface area contributed by atoms with Gasteiger partial charge in [-0.3, -0.25) is 0 Å². The summed E-state index contributed by atoms with van der Waals surface area (Å²) in [4.78, 5) is 0. The van der Waals surface area contributed by atoms with Crippen molar-refractivity contribution in [3.05, 3.63) is 12.1 Å². The topological polar surface area (TPSA) is 44.5 Å². The number of ether oxygens (including phenoxy) is 2. The second-order valence-electron chi connectivity index (χ2n) is 1.34. The summed E-state index contributed by atoms with van der Waals surface area (Å²) in [5, 5.41) is 0. The highest BCUT2D eigenvalue weighted by molar-refractivity contribution is 4.83. The highest BCUT2D eigenvalue weighted by Gasteiger charge is 2.08. The Balaban J connectivity index is 2.42. The van der Waals surface area contributed by atoms with Gasteiger partial charge >= 0.3 is 0 Å². The minimum absolute atomic E-state index is 0.194. The Labute approximate surface area is 41.7 Å². The molecule has 0 aliphatic carbocycles. The molecule has 1 heterocycles. The molecule has 0 aromatic carbocycles. The molecule has 1 aliphatic rings. The van der Waals surface area contributed by atoms with Crippen LogP contribution in [0.3, 0.4) is 0 Å². The van der Waals surface area contributed by atoms with Crippen molar-refractivity contribution in [2.24, 2.45) is 5.73 Å². The van der Waals surface area contributed by atoms with Crippen LogP contribution in [0.2, 0.25) is 0 Å². The first-order valence-electron chi connectivity index (χ1n) is 2.07. The number of hydrogen-bond donors (Lipinski definition) is 1. The molecule has 7 heavy (non-hydrogen) atoms. The molecule has 0 spiro atoms. The van der Waals surface area contributed by atoms with E-state index in [2.05, 4.69) is 0 Å². The van der Waals surface area contributed by atoms with Crippen LogP contribution in [-0.2, 0) is 9.47 Å². The zero-order chi connectivity index (χ0) is 5.28. The SMILES string of the molecule is CC1OC=C(N)O1. The van der Waals surface area contributed by atoms with E-state index in [4.69, 9.17) is 15.2 Å². The lowest BCUT2D eigenvalue weighted by molar-refractivity contribution is -0.0155. The van der Waals surface area contributed by atoms with Crippen molar-refractivity contribution in [2.75, 3.05) is 0 Å². The maximum absolute atomic E-state index is 5.14. The fraction of sp³-hybridized carbons (Fsp3) is 0.500. The van der Waals surface area contributed by atoms with Crippen molar-refractivity contribution >= 4 is 0 Å². The smallest absolute Gasteiger partial charge is 0.239 e. The molecule has 3 nitrogen and oxygen atoms in total. The van der Waals surface area contributed by atoms with Gasteiger partial charge in [0.25, 0.3) is 0 Å². The molecule has 1 rings (SSSR count). The summed E-state index contributed by atoms with van der Waals surface area (Å²) in [7, 11) is 0. The van der Waals surface area contributed by atoms with Crippen molar-refractivity contribution < 1.29 is 9.47 Å². The van der Waals surface area contributed by atoms with E-state index in [0.29, 0.717) is 5.88 Å². The summed E-state index contributed by atoms with van der Waals surface area (Å²) in [6.45, 7) is 1.77. The predicted molar refractivity (Wildman–Crippen MR) is 23.9 cm³/mol. The van der Waals surface area contributed by atoms with Crippen molar-refractivity contribution in [2.45, 2.75) is 13.2 Å². The summed E-state index contributed by atoms with van der Waals surface area (Å²) in [6.07, 6.45) is 1.20. The average molecular weight is 101 g/mol. The molecule has 0 amide bonds. The van der Waals surface area contributed by atoms with Crippen LogP contribution in [0, 0.1) is 0 Å². The molecule has 1 atom stereocenters. The zero-order valence-corrected chi connectivity index (χ0v) is 4.05. The van der Waals surface area contributed by atoms with E-state index in [1.54, 1.807) is 6.92 Å². The fourth-order valence-corrected chi connectivity index (χ4v) is 0.410. The van der Waals surface area contributed by atoms with Gasteiger partial charge in [0, 0.05) is 6.92 Å². The molecular formula is C4H7NO2. The first-order valence-corrected chi connectivity index (χ1v) is 2.07. The van der Waals surface area contributed by atoms with Crippen LogP contribution >= 0.6 is 0 Å². The molecule has 0 bridgehead atoms. The van der Waals surface area contributed by atoms with Crippen molar-refractivity contribution in [1.29, 1.82) is 0 Å². The second-order valence-corrected chi connectivity index (χ2v) is 1.34. The van der Waals surface area contributed by atoms with Gasteiger partial charge in [0.1, 0.15) is 6.26 Å². The van der Waals surface area contributed by atoms with Crippen molar-refractivity contribution in [1.82, 2.24) is 0 Å². The second kappa shape index (κ2) is 1.33. The first-order chi connectivity index (χ1) is 3.29. The lowest BCUT2D eigenvalue weighted by atomic mass is 10.8. The summed E-state index contributed by atoms with van der Waals surface area (Å²) in [5.74, 6) is 0.354. The molecule has 0 saturated heterocycles. The van der Waals surface area contributed by atoms with Gasteiger partial charge in [0.05, 0.1) is 0 Å². The fourth-order valence-electron chi connectivity index (χ4n) is 0.410. The van der Waals surface area contributed by atoms with Crippen LogP contribution in [-0.4, -0.2) is 6.29 Å². The van der Waals surface area contributed by atoms with Gasteiger partial charge in [-0.2, -0.15) is 0 Å².